The summed E-state index contributed by atoms with van der Waals surface area (Å²) in [5.41, 5.74) is 3.06. The topological polar surface area (TPSA) is 59.4 Å². The molecule has 0 N–H and O–H groups in total. The van der Waals surface area contributed by atoms with Gasteiger partial charge in [0.15, 0.2) is 5.82 Å². The molecule has 0 saturated carbocycles. The monoisotopic (exact) mass is 237 g/mol. The van der Waals surface area contributed by atoms with E-state index in [1.165, 1.54) is 0 Å². The zero-order valence-electron chi connectivity index (χ0n) is 10.1. The molecule has 5 heteroatoms. The number of fused-ring (bicyclic) bond motifs is 1. The molecular weight excluding hydrogens is 226 g/mol. The summed E-state index contributed by atoms with van der Waals surface area (Å²) in [7, 11) is 3.80. The van der Waals surface area contributed by atoms with Crippen LogP contribution in [0.1, 0.15) is 5.56 Å². The van der Waals surface area contributed by atoms with Gasteiger partial charge in [-0.05, 0) is 18.2 Å². The van der Waals surface area contributed by atoms with Crippen molar-refractivity contribution in [1.82, 2.24) is 19.3 Å². The van der Waals surface area contributed by atoms with E-state index in [0.29, 0.717) is 5.56 Å². The molecule has 0 spiro atoms. The van der Waals surface area contributed by atoms with Gasteiger partial charge in [-0.15, -0.1) is 0 Å². The minimum absolute atomic E-state index is 0.588. The zero-order valence-corrected chi connectivity index (χ0v) is 10.1. The first-order chi connectivity index (χ1) is 8.70. The van der Waals surface area contributed by atoms with Crippen molar-refractivity contribution in [2.45, 2.75) is 0 Å². The summed E-state index contributed by atoms with van der Waals surface area (Å²) >= 11 is 0. The molecule has 1 aromatic carbocycles. The number of benzene rings is 1. The van der Waals surface area contributed by atoms with Gasteiger partial charge in [0.1, 0.15) is 17.3 Å². The first-order valence-electron chi connectivity index (χ1n) is 5.56. The van der Waals surface area contributed by atoms with E-state index >= 15 is 0 Å². The number of aryl methyl sites for hydroxylation is 2. The van der Waals surface area contributed by atoms with Gasteiger partial charge < -0.3 is 4.57 Å². The molecule has 3 aromatic rings. The molecule has 3 rings (SSSR count). The Morgan fingerprint density at radius 2 is 2.06 bits per heavy atom. The second kappa shape index (κ2) is 3.70. The Labute approximate surface area is 104 Å². The predicted octanol–water partition coefficient (Wildman–Crippen LogP) is 1.85. The minimum Gasteiger partial charge on any atom is -0.326 e. The Kier molecular flexibility index (Phi) is 2.17. The average Bonchev–Trinajstić information content (AvgIpc) is 2.94. The Morgan fingerprint density at radius 1 is 1.22 bits per heavy atom. The maximum atomic E-state index is 9.09. The third kappa shape index (κ3) is 1.39. The number of nitrogens with zero attached hydrogens (tertiary/aromatic N) is 5. The molecule has 0 bridgehead atoms. The molecule has 0 amide bonds. The lowest BCUT2D eigenvalue weighted by Gasteiger charge is -1.98. The molecule has 0 fully saturated rings. The van der Waals surface area contributed by atoms with E-state index in [4.69, 9.17) is 5.26 Å². The fourth-order valence-electron chi connectivity index (χ4n) is 2.07. The molecule has 2 heterocycles. The molecule has 5 nitrogen and oxygen atoms in total. The summed E-state index contributed by atoms with van der Waals surface area (Å²) in [5, 5.41) is 13.4. The van der Waals surface area contributed by atoms with E-state index in [2.05, 4.69) is 16.2 Å². The number of para-hydroxylation sites is 1. The lowest BCUT2D eigenvalue weighted by Crippen LogP contribution is -1.94. The Bertz CT molecular complexity index is 772. The van der Waals surface area contributed by atoms with Crippen molar-refractivity contribution in [3.05, 3.63) is 36.0 Å². The van der Waals surface area contributed by atoms with E-state index in [-0.39, 0.29) is 0 Å². The van der Waals surface area contributed by atoms with Gasteiger partial charge in [-0.1, -0.05) is 6.07 Å². The van der Waals surface area contributed by atoms with Crippen LogP contribution in [0.3, 0.4) is 0 Å². The maximum Gasteiger partial charge on any atom is 0.161 e. The summed E-state index contributed by atoms with van der Waals surface area (Å²) in [6.07, 6.45) is 1.87. The third-order valence-corrected chi connectivity index (χ3v) is 2.97. The van der Waals surface area contributed by atoms with Gasteiger partial charge in [-0.2, -0.15) is 10.4 Å². The van der Waals surface area contributed by atoms with Gasteiger partial charge >= 0.3 is 0 Å². The first-order valence-corrected chi connectivity index (χ1v) is 5.56. The molecule has 0 aliphatic rings. The largest absolute Gasteiger partial charge is 0.326 e. The lowest BCUT2D eigenvalue weighted by molar-refractivity contribution is 0.766. The van der Waals surface area contributed by atoms with Crippen LogP contribution in [-0.2, 0) is 14.1 Å². The van der Waals surface area contributed by atoms with Crippen LogP contribution in [0.2, 0.25) is 0 Å². The Balaban J connectivity index is 2.33. The van der Waals surface area contributed by atoms with Crippen molar-refractivity contribution in [3.8, 4) is 17.6 Å². The summed E-state index contributed by atoms with van der Waals surface area (Å²) in [5.74, 6) is 0.772. The van der Waals surface area contributed by atoms with Crippen molar-refractivity contribution in [2.24, 2.45) is 14.1 Å². The second-order valence-corrected chi connectivity index (χ2v) is 4.15. The molecular formula is C13H11N5. The number of imidazole rings is 1. The summed E-state index contributed by atoms with van der Waals surface area (Å²) < 4.78 is 3.69. The minimum atomic E-state index is 0.588. The summed E-state index contributed by atoms with van der Waals surface area (Å²) in [6.45, 7) is 0. The Hall–Kier alpha value is -2.61. The quantitative estimate of drug-likeness (QED) is 0.649. The van der Waals surface area contributed by atoms with Crippen LogP contribution in [0.5, 0.6) is 0 Å². The zero-order chi connectivity index (χ0) is 12.7. The van der Waals surface area contributed by atoms with E-state index in [9.17, 15) is 0 Å². The van der Waals surface area contributed by atoms with Gasteiger partial charge in [0.05, 0.1) is 11.1 Å². The predicted molar refractivity (Wildman–Crippen MR) is 67.6 cm³/mol. The lowest BCUT2D eigenvalue weighted by atomic mass is 10.2. The van der Waals surface area contributed by atoms with E-state index in [1.54, 1.807) is 10.7 Å². The second-order valence-electron chi connectivity index (χ2n) is 4.15. The molecule has 2 aromatic heterocycles. The number of nitriles is 1. The SMILES string of the molecule is Cn1ccc(-c2nc3c(C#N)cccc3n2C)n1. The standard InChI is InChI=1S/C13H11N5/c1-17-7-6-10(16-17)13-15-12-9(8-14)4-3-5-11(12)18(13)2/h3-7H,1-2H3. The van der Waals surface area contributed by atoms with E-state index in [1.807, 2.05) is 43.1 Å². The highest BCUT2D eigenvalue weighted by atomic mass is 15.3. The van der Waals surface area contributed by atoms with E-state index < -0.39 is 0 Å². The average molecular weight is 237 g/mol. The van der Waals surface area contributed by atoms with Crippen LogP contribution in [0.15, 0.2) is 30.5 Å². The van der Waals surface area contributed by atoms with Crippen LogP contribution in [0.4, 0.5) is 0 Å². The number of hydrogen-bond acceptors (Lipinski definition) is 3. The highest BCUT2D eigenvalue weighted by Gasteiger charge is 2.13. The van der Waals surface area contributed by atoms with Crippen LogP contribution in [-0.4, -0.2) is 19.3 Å². The Morgan fingerprint density at radius 3 is 2.72 bits per heavy atom. The van der Waals surface area contributed by atoms with Crippen molar-refractivity contribution >= 4 is 11.0 Å². The smallest absolute Gasteiger partial charge is 0.161 e. The van der Waals surface area contributed by atoms with Gasteiger partial charge in [0.2, 0.25) is 0 Å². The van der Waals surface area contributed by atoms with Crippen molar-refractivity contribution < 1.29 is 0 Å². The number of hydrogen-bond donors (Lipinski definition) is 0. The third-order valence-electron chi connectivity index (χ3n) is 2.97. The molecule has 0 saturated heterocycles. The highest BCUT2D eigenvalue weighted by Crippen LogP contribution is 2.24. The van der Waals surface area contributed by atoms with Crippen LogP contribution < -0.4 is 0 Å². The maximum absolute atomic E-state index is 9.09. The summed E-state index contributed by atoms with van der Waals surface area (Å²) in [6, 6.07) is 9.67. The molecule has 0 aliphatic carbocycles. The molecule has 88 valence electrons. The van der Waals surface area contributed by atoms with Crippen molar-refractivity contribution in [3.63, 3.8) is 0 Å². The van der Waals surface area contributed by atoms with Crippen LogP contribution in [0, 0.1) is 11.3 Å². The van der Waals surface area contributed by atoms with Gasteiger partial charge in [-0.25, -0.2) is 4.98 Å². The number of rotatable bonds is 1. The van der Waals surface area contributed by atoms with Gasteiger partial charge in [0, 0.05) is 20.3 Å². The molecule has 0 unspecified atom stereocenters. The van der Waals surface area contributed by atoms with Crippen LogP contribution >= 0.6 is 0 Å². The van der Waals surface area contributed by atoms with Crippen LogP contribution in [0.25, 0.3) is 22.6 Å². The fourth-order valence-corrected chi connectivity index (χ4v) is 2.07. The van der Waals surface area contributed by atoms with Gasteiger partial charge in [0.25, 0.3) is 0 Å². The highest BCUT2D eigenvalue weighted by molar-refractivity contribution is 5.85. The molecule has 18 heavy (non-hydrogen) atoms. The molecule has 0 aliphatic heterocycles. The van der Waals surface area contributed by atoms with Gasteiger partial charge in [-0.3, -0.25) is 4.68 Å². The first kappa shape index (κ1) is 10.5. The van der Waals surface area contributed by atoms with Crippen molar-refractivity contribution in [1.29, 1.82) is 5.26 Å². The molecule has 0 atom stereocenters. The normalized spacial score (nSPS) is 10.7. The van der Waals surface area contributed by atoms with Crippen molar-refractivity contribution in [2.75, 3.05) is 0 Å². The summed E-state index contributed by atoms with van der Waals surface area (Å²) in [4.78, 5) is 4.53. The molecule has 0 radical (unpaired) electrons. The fraction of sp³-hybridized carbons (Fsp3) is 0.154. The van der Waals surface area contributed by atoms with E-state index in [0.717, 1.165) is 22.6 Å². The number of aromatic nitrogens is 4.